The summed E-state index contributed by atoms with van der Waals surface area (Å²) in [6.45, 7) is 4.04. The third-order valence-corrected chi connectivity index (χ3v) is 6.33. The molecule has 6 nitrogen and oxygen atoms in total. The van der Waals surface area contributed by atoms with Gasteiger partial charge in [0, 0.05) is 11.5 Å². The van der Waals surface area contributed by atoms with Crippen molar-refractivity contribution in [2.24, 2.45) is 17.3 Å². The van der Waals surface area contributed by atoms with Crippen LogP contribution in [-0.4, -0.2) is 18.8 Å². The molecule has 30 heavy (non-hydrogen) atoms. The van der Waals surface area contributed by atoms with Gasteiger partial charge >= 0.3 is 0 Å². The fourth-order valence-electron chi connectivity index (χ4n) is 4.92. The molecule has 2 heterocycles. The van der Waals surface area contributed by atoms with E-state index in [1.165, 1.54) is 10.5 Å². The van der Waals surface area contributed by atoms with E-state index >= 15 is 0 Å². The maximum absolute atomic E-state index is 10.1. The fraction of sp³-hybridized carbons (Fsp3) is 0.333. The molecule has 1 aromatic carbocycles. The van der Waals surface area contributed by atoms with E-state index in [4.69, 9.17) is 9.83 Å². The number of hydrogen-bond acceptors (Lipinski definition) is 5. The van der Waals surface area contributed by atoms with Gasteiger partial charge in [0.2, 0.25) is 0 Å². The first-order valence-corrected chi connectivity index (χ1v) is 9.99. The molecular formula is C24H22N5O+. The minimum absolute atomic E-state index is 0.136. The molecule has 1 aliphatic carbocycles. The fourth-order valence-corrected chi connectivity index (χ4v) is 4.92. The minimum Gasteiger partial charge on any atom is -0.466 e. The predicted molar refractivity (Wildman–Crippen MR) is 109 cm³/mol. The minimum atomic E-state index is -1.72. The molecule has 1 unspecified atom stereocenters. The molecule has 0 spiro atoms. The second-order valence-corrected chi connectivity index (χ2v) is 8.06. The summed E-state index contributed by atoms with van der Waals surface area (Å²) in [5, 5.41) is 38.6. The van der Waals surface area contributed by atoms with Crippen molar-refractivity contribution in [1.82, 2.24) is 0 Å². The van der Waals surface area contributed by atoms with Crippen LogP contribution in [0, 0.1) is 63.6 Å². The monoisotopic (exact) mass is 396 g/mol. The van der Waals surface area contributed by atoms with E-state index in [1.54, 1.807) is 6.07 Å². The highest BCUT2D eigenvalue weighted by Crippen LogP contribution is 2.52. The topological polar surface area (TPSA) is 113 Å². The lowest BCUT2D eigenvalue weighted by atomic mass is 9.55. The molecule has 2 N–H and O–H groups in total. The molecule has 0 amide bonds. The first-order chi connectivity index (χ1) is 14.5. The van der Waals surface area contributed by atoms with Crippen LogP contribution in [0.1, 0.15) is 23.0 Å². The maximum atomic E-state index is 10.1. The number of furan rings is 1. The summed E-state index contributed by atoms with van der Waals surface area (Å²) in [4.78, 5) is 1.29. The first kappa shape index (κ1) is 19.6. The van der Waals surface area contributed by atoms with Gasteiger partial charge in [-0.05, 0) is 30.7 Å². The summed E-state index contributed by atoms with van der Waals surface area (Å²) in [5.41, 5.74) is 0.200. The average Bonchev–Trinajstić information content (AvgIpc) is 3.19. The van der Waals surface area contributed by atoms with E-state index in [1.807, 2.05) is 37.3 Å². The van der Waals surface area contributed by atoms with E-state index < -0.39 is 17.3 Å². The zero-order chi connectivity index (χ0) is 21.3. The largest absolute Gasteiger partial charge is 0.466 e. The van der Waals surface area contributed by atoms with Crippen molar-refractivity contribution in [3.63, 3.8) is 0 Å². The lowest BCUT2D eigenvalue weighted by molar-refractivity contribution is -0.913. The van der Waals surface area contributed by atoms with Gasteiger partial charge in [-0.2, -0.15) is 15.8 Å². The van der Waals surface area contributed by atoms with Gasteiger partial charge in [-0.25, -0.2) is 0 Å². The van der Waals surface area contributed by atoms with E-state index in [-0.39, 0.29) is 11.6 Å². The van der Waals surface area contributed by atoms with Gasteiger partial charge in [-0.15, -0.1) is 0 Å². The Kier molecular flexibility index (Phi) is 5.00. The highest BCUT2D eigenvalue weighted by Gasteiger charge is 2.59. The average molecular weight is 396 g/mol. The zero-order valence-electron chi connectivity index (χ0n) is 16.7. The molecule has 148 valence electrons. The Morgan fingerprint density at radius 3 is 2.47 bits per heavy atom. The van der Waals surface area contributed by atoms with Crippen molar-refractivity contribution in [2.75, 3.05) is 13.1 Å². The zero-order valence-corrected chi connectivity index (χ0v) is 16.7. The maximum Gasteiger partial charge on any atom is 0.192 e. The molecule has 2 aliphatic rings. The van der Waals surface area contributed by atoms with Gasteiger partial charge in [0.1, 0.15) is 24.0 Å². The molecule has 0 radical (unpaired) electrons. The lowest BCUT2D eigenvalue weighted by Crippen LogP contribution is -3.12. The Morgan fingerprint density at radius 1 is 1.13 bits per heavy atom. The Hall–Kier alpha value is -3.66. The molecule has 1 fully saturated rings. The third kappa shape index (κ3) is 3.01. The molecule has 0 bridgehead atoms. The molecule has 1 saturated carbocycles. The van der Waals surface area contributed by atoms with Crippen LogP contribution in [0.25, 0.3) is 0 Å². The predicted octanol–water partition coefficient (Wildman–Crippen LogP) is 2.52. The van der Waals surface area contributed by atoms with Gasteiger partial charge in [0.05, 0.1) is 42.9 Å². The number of benzene rings is 1. The Bertz CT molecular complexity index is 1110. The molecule has 1 aliphatic heterocycles. The summed E-state index contributed by atoms with van der Waals surface area (Å²) in [7, 11) is 0. The van der Waals surface area contributed by atoms with Crippen molar-refractivity contribution < 1.29 is 9.32 Å². The van der Waals surface area contributed by atoms with Crippen molar-refractivity contribution in [1.29, 1.82) is 21.2 Å². The second kappa shape index (κ2) is 7.64. The molecule has 2 aromatic rings. The Balaban J connectivity index is 1.80. The Morgan fingerprint density at radius 2 is 1.87 bits per heavy atom. The second-order valence-electron chi connectivity index (χ2n) is 8.06. The molecular weight excluding hydrogens is 374 g/mol. The Labute approximate surface area is 175 Å². The molecule has 4 rings (SSSR count). The van der Waals surface area contributed by atoms with E-state index in [9.17, 15) is 15.8 Å². The smallest absolute Gasteiger partial charge is 0.192 e. The summed E-state index contributed by atoms with van der Waals surface area (Å²) in [6, 6.07) is 20.2. The highest BCUT2D eigenvalue weighted by molar-refractivity contribution is 6.00. The number of nitriles is 3. The van der Waals surface area contributed by atoms with Gasteiger partial charge < -0.3 is 14.7 Å². The number of nitrogens with zero attached hydrogens (tertiary/aromatic N) is 3. The quantitative estimate of drug-likeness (QED) is 0.776. The number of nitrogens with one attached hydrogen (secondary N) is 2. The van der Waals surface area contributed by atoms with E-state index in [0.717, 1.165) is 18.7 Å². The van der Waals surface area contributed by atoms with Crippen molar-refractivity contribution in [3.05, 3.63) is 71.2 Å². The number of aryl methyl sites for hydroxylation is 1. The highest BCUT2D eigenvalue weighted by atomic mass is 16.3. The lowest BCUT2D eigenvalue weighted by Gasteiger charge is -2.45. The van der Waals surface area contributed by atoms with Crippen LogP contribution >= 0.6 is 0 Å². The van der Waals surface area contributed by atoms with Crippen LogP contribution in [0.15, 0.2) is 58.5 Å². The van der Waals surface area contributed by atoms with Crippen molar-refractivity contribution in [3.8, 4) is 18.2 Å². The van der Waals surface area contributed by atoms with Gasteiger partial charge in [0.15, 0.2) is 5.41 Å². The molecule has 6 heteroatoms. The number of fused-ring (bicyclic) bond motifs is 1. The number of hydrogen-bond donors (Lipinski definition) is 2. The molecule has 0 saturated heterocycles. The van der Waals surface area contributed by atoms with Crippen LogP contribution in [0.3, 0.4) is 0 Å². The summed E-state index contributed by atoms with van der Waals surface area (Å²) in [6.07, 6.45) is 2.04. The van der Waals surface area contributed by atoms with Crippen molar-refractivity contribution >= 4 is 5.71 Å². The standard InChI is InChI=1S/C24H21N5O/c1-16-7-8-21(30-16)22-20-13-29(12-17-5-3-2-4-6-17)10-9-18(20)19(11-25)23(28)24(22,14-26)15-27/h2-9,19-20,22,28H,10,12-13H2,1H3/p+1/t19-,20+,22+/m1/s1. The summed E-state index contributed by atoms with van der Waals surface area (Å²) in [5.74, 6) is -0.455. The van der Waals surface area contributed by atoms with Crippen LogP contribution < -0.4 is 4.90 Å². The van der Waals surface area contributed by atoms with E-state index in [2.05, 4.69) is 30.3 Å². The van der Waals surface area contributed by atoms with Crippen LogP contribution in [-0.2, 0) is 6.54 Å². The number of quaternary nitrogens is 1. The van der Waals surface area contributed by atoms with Crippen LogP contribution in [0.5, 0.6) is 0 Å². The third-order valence-electron chi connectivity index (χ3n) is 6.33. The normalized spacial score (nSPS) is 27.1. The van der Waals surface area contributed by atoms with Crippen LogP contribution in [0.4, 0.5) is 0 Å². The number of rotatable bonds is 3. The van der Waals surface area contributed by atoms with Gasteiger partial charge in [-0.3, -0.25) is 0 Å². The van der Waals surface area contributed by atoms with Gasteiger partial charge in [0.25, 0.3) is 0 Å². The van der Waals surface area contributed by atoms with E-state index in [0.29, 0.717) is 18.1 Å². The van der Waals surface area contributed by atoms with Crippen LogP contribution in [0.2, 0.25) is 0 Å². The first-order valence-electron chi connectivity index (χ1n) is 9.99. The molecule has 4 atom stereocenters. The van der Waals surface area contributed by atoms with Crippen molar-refractivity contribution in [2.45, 2.75) is 19.4 Å². The summed E-state index contributed by atoms with van der Waals surface area (Å²) < 4.78 is 5.88. The SMILES string of the molecule is Cc1ccc([C@@H]2[C@H]3C[NH+](Cc4ccccc4)CC=C3[C@@H](C#N)C(=N)C2(C#N)C#N)o1. The van der Waals surface area contributed by atoms with Gasteiger partial charge in [-0.1, -0.05) is 30.3 Å². The summed E-state index contributed by atoms with van der Waals surface area (Å²) >= 11 is 0. The molecule has 1 aromatic heterocycles.